The van der Waals surface area contributed by atoms with Crippen molar-refractivity contribution in [3.05, 3.63) is 167 Å². The fourth-order valence-corrected chi connectivity index (χ4v) is 5.70. The zero-order valence-electron chi connectivity index (χ0n) is 28.3. The monoisotopic (exact) mass is 729 g/mol. The molecule has 1 unspecified atom stereocenters. The van der Waals surface area contributed by atoms with Gasteiger partial charge in [-0.15, -0.1) is 11.3 Å². The molecule has 0 spiro atoms. The van der Waals surface area contributed by atoms with Gasteiger partial charge in [-0.25, -0.2) is 9.59 Å². The van der Waals surface area contributed by atoms with Gasteiger partial charge < -0.3 is 30.0 Å². The van der Waals surface area contributed by atoms with Crippen LogP contribution in [0.4, 0.5) is 10.5 Å². The van der Waals surface area contributed by atoms with Crippen LogP contribution in [0.3, 0.4) is 0 Å². The van der Waals surface area contributed by atoms with Crippen molar-refractivity contribution in [2.24, 2.45) is 0 Å². The average molecular weight is 730 g/mol. The number of ether oxygens (including phenoxy) is 3. The normalized spacial score (nSPS) is 11.3. The van der Waals surface area contributed by atoms with Gasteiger partial charge in [0.05, 0.1) is 17.9 Å². The van der Waals surface area contributed by atoms with Crippen molar-refractivity contribution in [1.82, 2.24) is 20.6 Å². The van der Waals surface area contributed by atoms with E-state index >= 15 is 0 Å². The molecule has 3 aromatic carbocycles. The van der Waals surface area contributed by atoms with E-state index in [1.165, 1.54) is 0 Å². The summed E-state index contributed by atoms with van der Waals surface area (Å²) in [7, 11) is 0. The third-order valence-electron chi connectivity index (χ3n) is 7.78. The molecule has 6 rings (SSSR count). The highest BCUT2D eigenvalue weighted by Gasteiger charge is 2.17. The number of pyridine rings is 2. The fraction of sp³-hybridized carbons (Fsp3) is 0.125. The molecule has 2 amide bonds. The number of alkyl carbamates (subject to hydrolysis) is 1. The highest BCUT2D eigenvalue weighted by atomic mass is 32.1. The first-order valence-corrected chi connectivity index (χ1v) is 17.4. The molecule has 0 saturated heterocycles. The molecule has 53 heavy (non-hydrogen) atoms. The Labute approximate surface area is 309 Å². The minimum atomic E-state index is -1.19. The summed E-state index contributed by atoms with van der Waals surface area (Å²) in [5, 5.41) is 20.5. The molecule has 0 aliphatic rings. The summed E-state index contributed by atoms with van der Waals surface area (Å²) in [6.45, 7) is 0.796. The molecule has 0 aliphatic carbocycles. The maximum absolute atomic E-state index is 13.4. The Morgan fingerprint density at radius 2 is 1.42 bits per heavy atom. The predicted molar refractivity (Wildman–Crippen MR) is 199 cm³/mol. The van der Waals surface area contributed by atoms with Crippen LogP contribution in [0.2, 0.25) is 0 Å². The van der Waals surface area contributed by atoms with Crippen molar-refractivity contribution >= 4 is 35.0 Å². The number of carbonyl (C=O) groups excluding carboxylic acids is 3. The maximum Gasteiger partial charge on any atom is 0.407 e. The lowest BCUT2D eigenvalue weighted by molar-refractivity contribution is -0.129. The lowest BCUT2D eigenvalue weighted by atomic mass is 10.1. The number of carbonyl (C=O) groups is 3. The third-order valence-corrected chi connectivity index (χ3v) is 8.70. The van der Waals surface area contributed by atoms with Gasteiger partial charge >= 0.3 is 12.1 Å². The molecule has 4 N–H and O–H groups in total. The third kappa shape index (κ3) is 10.9. The average Bonchev–Trinajstić information content (AvgIpc) is 3.75. The summed E-state index contributed by atoms with van der Waals surface area (Å²) >= 11 is 1.54. The SMILES string of the molecule is O=C(NCc1ccc(C(=O)Nc2cc(-c3cccs3)ccc2OC(=O)c2ccc(CNC(O)OCc3cccnc3)cc2)cc1)OCc1cccnc1. The lowest BCUT2D eigenvalue weighted by Gasteiger charge is -2.14. The van der Waals surface area contributed by atoms with Gasteiger partial charge in [-0.05, 0) is 88.3 Å². The molecule has 0 bridgehead atoms. The van der Waals surface area contributed by atoms with E-state index in [0.29, 0.717) is 23.4 Å². The highest BCUT2D eigenvalue weighted by molar-refractivity contribution is 7.13. The summed E-state index contributed by atoms with van der Waals surface area (Å²) in [5.41, 5.74) is 5.00. The number of rotatable bonds is 15. The summed E-state index contributed by atoms with van der Waals surface area (Å²) in [6, 6.07) is 29.8. The number of aliphatic hydroxyl groups excluding tert-OH is 1. The Kier molecular flexibility index (Phi) is 12.6. The minimum absolute atomic E-state index is 0.102. The number of hydrogen-bond donors (Lipinski definition) is 4. The van der Waals surface area contributed by atoms with Crippen molar-refractivity contribution in [2.45, 2.75) is 32.7 Å². The molecular formula is C40H35N5O7S. The Balaban J connectivity index is 1.05. The number of aromatic nitrogens is 2. The van der Waals surface area contributed by atoms with E-state index < -0.39 is 24.4 Å². The van der Waals surface area contributed by atoms with Crippen LogP contribution in [0, 0.1) is 0 Å². The lowest BCUT2D eigenvalue weighted by Crippen LogP contribution is -2.30. The van der Waals surface area contributed by atoms with E-state index in [9.17, 15) is 19.5 Å². The maximum atomic E-state index is 13.4. The molecule has 3 aromatic heterocycles. The van der Waals surface area contributed by atoms with E-state index in [4.69, 9.17) is 14.2 Å². The number of benzene rings is 3. The minimum Gasteiger partial charge on any atom is -0.445 e. The largest absolute Gasteiger partial charge is 0.445 e. The van der Waals surface area contributed by atoms with E-state index in [2.05, 4.69) is 25.9 Å². The van der Waals surface area contributed by atoms with E-state index in [-0.39, 0.29) is 25.5 Å². The van der Waals surface area contributed by atoms with Gasteiger partial charge in [-0.2, -0.15) is 0 Å². The van der Waals surface area contributed by atoms with Crippen LogP contribution in [0.1, 0.15) is 43.0 Å². The number of esters is 1. The first kappa shape index (κ1) is 36.5. The second-order valence-corrected chi connectivity index (χ2v) is 12.6. The van der Waals surface area contributed by atoms with E-state index in [0.717, 1.165) is 32.7 Å². The first-order valence-electron chi connectivity index (χ1n) is 16.5. The van der Waals surface area contributed by atoms with Crippen LogP contribution in [0.15, 0.2) is 133 Å². The molecule has 268 valence electrons. The van der Waals surface area contributed by atoms with E-state index in [1.807, 2.05) is 35.7 Å². The van der Waals surface area contributed by atoms with Crippen molar-refractivity contribution in [2.75, 3.05) is 5.32 Å². The van der Waals surface area contributed by atoms with E-state index in [1.54, 1.807) is 109 Å². The smallest absolute Gasteiger partial charge is 0.407 e. The van der Waals surface area contributed by atoms with Gasteiger partial charge in [0.25, 0.3) is 5.91 Å². The molecule has 12 nitrogen and oxygen atoms in total. The van der Waals surface area contributed by atoms with Gasteiger partial charge in [0.15, 0.2) is 5.75 Å². The molecule has 0 aliphatic heterocycles. The van der Waals surface area contributed by atoms with Gasteiger partial charge in [-0.1, -0.05) is 42.5 Å². The Hall–Kier alpha value is -6.25. The van der Waals surface area contributed by atoms with Gasteiger partial charge in [0, 0.05) is 53.9 Å². The Morgan fingerprint density at radius 1 is 0.736 bits per heavy atom. The molecule has 0 saturated carbocycles. The summed E-state index contributed by atoms with van der Waals surface area (Å²) < 4.78 is 16.4. The van der Waals surface area contributed by atoms with Gasteiger partial charge in [0.2, 0.25) is 6.41 Å². The Morgan fingerprint density at radius 3 is 2.08 bits per heavy atom. The fourth-order valence-electron chi connectivity index (χ4n) is 4.98. The van der Waals surface area contributed by atoms with Crippen molar-refractivity contribution < 1.29 is 33.7 Å². The topological polar surface area (TPSA) is 161 Å². The molecular weight excluding hydrogens is 695 g/mol. The van der Waals surface area contributed by atoms with Crippen molar-refractivity contribution in [1.29, 1.82) is 0 Å². The van der Waals surface area contributed by atoms with Crippen LogP contribution in [0.25, 0.3) is 10.4 Å². The van der Waals surface area contributed by atoms with Crippen LogP contribution >= 0.6 is 11.3 Å². The zero-order valence-corrected chi connectivity index (χ0v) is 29.1. The van der Waals surface area contributed by atoms with Gasteiger partial charge in [0.1, 0.15) is 6.61 Å². The predicted octanol–water partition coefficient (Wildman–Crippen LogP) is 6.69. The molecule has 1 atom stereocenters. The van der Waals surface area contributed by atoms with Gasteiger partial charge in [-0.3, -0.25) is 20.1 Å². The quantitative estimate of drug-likeness (QED) is 0.0510. The first-order chi connectivity index (χ1) is 25.9. The standard InChI is InChI=1S/C40H35N5O7S/c46-37(31-11-7-27(8-12-31)23-43-39(48)50-25-29-4-1-17-41-21-29)45-34-20-33(36-6-3-19-53-36)15-16-35(34)52-38(47)32-13-9-28(10-14-32)24-44-40(49)51-26-30-5-2-18-42-22-30/h1-22,40,44,49H,23-26H2,(H,43,48)(H,45,46). The number of hydrogen-bond acceptors (Lipinski definition) is 11. The number of aliphatic hydroxyl groups is 1. The van der Waals surface area contributed by atoms with Crippen LogP contribution in [-0.4, -0.2) is 39.5 Å². The van der Waals surface area contributed by atoms with Crippen molar-refractivity contribution in [3.8, 4) is 16.2 Å². The van der Waals surface area contributed by atoms with Crippen LogP contribution < -0.4 is 20.7 Å². The summed E-state index contributed by atoms with van der Waals surface area (Å²) in [4.78, 5) is 47.8. The molecule has 3 heterocycles. The summed E-state index contributed by atoms with van der Waals surface area (Å²) in [5.74, 6) is -0.849. The second-order valence-electron chi connectivity index (χ2n) is 11.6. The number of nitrogens with zero attached hydrogens (tertiary/aromatic N) is 2. The summed E-state index contributed by atoms with van der Waals surface area (Å²) in [6.07, 6.45) is 4.82. The molecule has 0 fully saturated rings. The second kappa shape index (κ2) is 18.3. The Bertz CT molecular complexity index is 2100. The number of nitrogens with one attached hydrogen (secondary N) is 3. The number of amides is 2. The molecule has 0 radical (unpaired) electrons. The highest BCUT2D eigenvalue weighted by Crippen LogP contribution is 2.34. The van der Waals surface area contributed by atoms with Crippen LogP contribution in [-0.2, 0) is 35.8 Å². The van der Waals surface area contributed by atoms with Crippen molar-refractivity contribution in [3.63, 3.8) is 0 Å². The molecule has 13 heteroatoms. The van der Waals surface area contributed by atoms with Crippen LogP contribution in [0.5, 0.6) is 5.75 Å². The number of anilines is 1. The zero-order chi connectivity index (χ0) is 36.8. The number of thiophene rings is 1. The molecule has 6 aromatic rings.